The summed E-state index contributed by atoms with van der Waals surface area (Å²) in [5.74, 6) is 4.03. The van der Waals surface area contributed by atoms with Crippen LogP contribution in [-0.2, 0) is 0 Å². The molecule has 0 saturated carbocycles. The fourth-order valence-electron chi connectivity index (χ4n) is 1.71. The van der Waals surface area contributed by atoms with E-state index in [2.05, 4.69) is 25.1 Å². The summed E-state index contributed by atoms with van der Waals surface area (Å²) in [5.41, 5.74) is 1.10. The van der Waals surface area contributed by atoms with Crippen molar-refractivity contribution in [3.8, 4) is 23.8 Å². The van der Waals surface area contributed by atoms with Gasteiger partial charge in [0.25, 0.3) is 0 Å². The first-order valence-corrected chi connectivity index (χ1v) is 6.20. The molecule has 0 aliphatic rings. The number of methoxy groups -OCH3 is 1. The summed E-state index contributed by atoms with van der Waals surface area (Å²) >= 11 is 0. The van der Waals surface area contributed by atoms with E-state index in [0.29, 0.717) is 0 Å². The Kier molecular flexibility index (Phi) is 6.10. The first kappa shape index (κ1) is 14.4. The SMILES string of the molecule is C#CCOc1cc(OC)ccc1C(C)NCCC. The van der Waals surface area contributed by atoms with Gasteiger partial charge in [-0.1, -0.05) is 18.9 Å². The molecular formula is C15H21NO2. The quantitative estimate of drug-likeness (QED) is 0.752. The maximum absolute atomic E-state index is 5.57. The summed E-state index contributed by atoms with van der Waals surface area (Å²) in [5, 5.41) is 3.43. The number of hydrogen-bond donors (Lipinski definition) is 1. The summed E-state index contributed by atoms with van der Waals surface area (Å²) in [4.78, 5) is 0. The average molecular weight is 247 g/mol. The maximum Gasteiger partial charge on any atom is 0.148 e. The van der Waals surface area contributed by atoms with Gasteiger partial charge in [0.2, 0.25) is 0 Å². The van der Waals surface area contributed by atoms with Crippen molar-refractivity contribution in [3.05, 3.63) is 23.8 Å². The minimum atomic E-state index is 0.226. The van der Waals surface area contributed by atoms with Gasteiger partial charge in [-0.3, -0.25) is 0 Å². The van der Waals surface area contributed by atoms with Crippen molar-refractivity contribution >= 4 is 0 Å². The van der Waals surface area contributed by atoms with Crippen LogP contribution in [-0.4, -0.2) is 20.3 Å². The van der Waals surface area contributed by atoms with E-state index >= 15 is 0 Å². The predicted molar refractivity (Wildman–Crippen MR) is 74.0 cm³/mol. The van der Waals surface area contributed by atoms with E-state index in [-0.39, 0.29) is 12.6 Å². The number of nitrogens with one attached hydrogen (secondary N) is 1. The molecule has 0 amide bonds. The van der Waals surface area contributed by atoms with E-state index in [1.54, 1.807) is 7.11 Å². The highest BCUT2D eigenvalue weighted by Crippen LogP contribution is 2.29. The molecule has 0 spiro atoms. The van der Waals surface area contributed by atoms with Gasteiger partial charge >= 0.3 is 0 Å². The Morgan fingerprint density at radius 1 is 1.44 bits per heavy atom. The van der Waals surface area contributed by atoms with Gasteiger partial charge < -0.3 is 14.8 Å². The standard InChI is InChI=1S/C15H21NO2/c1-5-9-16-12(3)14-8-7-13(17-4)11-15(14)18-10-6-2/h2,7-8,11-12,16H,5,9-10H2,1,3-4H3. The molecule has 1 rings (SSSR count). The van der Waals surface area contributed by atoms with Gasteiger partial charge in [0.15, 0.2) is 0 Å². The molecular weight excluding hydrogens is 226 g/mol. The summed E-state index contributed by atoms with van der Waals surface area (Å²) < 4.78 is 10.8. The van der Waals surface area contributed by atoms with Crippen molar-refractivity contribution in [3.63, 3.8) is 0 Å². The van der Waals surface area contributed by atoms with Gasteiger partial charge in [0.05, 0.1) is 7.11 Å². The van der Waals surface area contributed by atoms with Crippen LogP contribution >= 0.6 is 0 Å². The van der Waals surface area contributed by atoms with Crippen LogP contribution in [0.2, 0.25) is 0 Å². The molecule has 0 radical (unpaired) electrons. The highest BCUT2D eigenvalue weighted by Gasteiger charge is 2.12. The third-order valence-corrected chi connectivity index (χ3v) is 2.70. The van der Waals surface area contributed by atoms with Crippen molar-refractivity contribution in [2.75, 3.05) is 20.3 Å². The second kappa shape index (κ2) is 7.62. The molecule has 0 heterocycles. The van der Waals surface area contributed by atoms with Crippen molar-refractivity contribution in [2.24, 2.45) is 0 Å². The molecule has 0 aliphatic heterocycles. The lowest BCUT2D eigenvalue weighted by atomic mass is 10.1. The van der Waals surface area contributed by atoms with Crippen LogP contribution in [0.4, 0.5) is 0 Å². The molecule has 98 valence electrons. The highest BCUT2D eigenvalue weighted by atomic mass is 16.5. The molecule has 1 N–H and O–H groups in total. The molecule has 0 bridgehead atoms. The third-order valence-electron chi connectivity index (χ3n) is 2.70. The van der Waals surface area contributed by atoms with E-state index in [9.17, 15) is 0 Å². The molecule has 0 saturated heterocycles. The normalized spacial score (nSPS) is 11.7. The fourth-order valence-corrected chi connectivity index (χ4v) is 1.71. The lowest BCUT2D eigenvalue weighted by Crippen LogP contribution is -2.20. The summed E-state index contributed by atoms with van der Waals surface area (Å²) in [6, 6.07) is 6.04. The average Bonchev–Trinajstić information content (AvgIpc) is 2.42. The lowest BCUT2D eigenvalue weighted by molar-refractivity contribution is 0.354. The van der Waals surface area contributed by atoms with Gasteiger partial charge in [-0.2, -0.15) is 0 Å². The second-order valence-electron chi connectivity index (χ2n) is 4.07. The predicted octanol–water partition coefficient (Wildman–Crippen LogP) is 2.77. The largest absolute Gasteiger partial charge is 0.497 e. The Bertz CT molecular complexity index is 409. The van der Waals surface area contributed by atoms with E-state index in [4.69, 9.17) is 15.9 Å². The van der Waals surface area contributed by atoms with Crippen molar-refractivity contribution in [2.45, 2.75) is 26.3 Å². The zero-order chi connectivity index (χ0) is 13.4. The van der Waals surface area contributed by atoms with Crippen LogP contribution < -0.4 is 14.8 Å². The number of terminal acetylenes is 1. The second-order valence-corrected chi connectivity index (χ2v) is 4.07. The van der Waals surface area contributed by atoms with E-state index < -0.39 is 0 Å². The smallest absolute Gasteiger partial charge is 0.148 e. The summed E-state index contributed by atoms with van der Waals surface area (Å²) in [6.07, 6.45) is 6.33. The minimum absolute atomic E-state index is 0.226. The van der Waals surface area contributed by atoms with Crippen LogP contribution in [0.15, 0.2) is 18.2 Å². The molecule has 3 nitrogen and oxygen atoms in total. The first-order valence-electron chi connectivity index (χ1n) is 6.20. The van der Waals surface area contributed by atoms with Gasteiger partial charge in [-0.15, -0.1) is 6.42 Å². The van der Waals surface area contributed by atoms with Crippen molar-refractivity contribution < 1.29 is 9.47 Å². The van der Waals surface area contributed by atoms with E-state index in [0.717, 1.165) is 30.0 Å². The van der Waals surface area contributed by atoms with Crippen LogP contribution in [0.3, 0.4) is 0 Å². The molecule has 1 aromatic rings. The van der Waals surface area contributed by atoms with E-state index in [1.165, 1.54) is 0 Å². The van der Waals surface area contributed by atoms with Gasteiger partial charge in [-0.25, -0.2) is 0 Å². The van der Waals surface area contributed by atoms with Crippen molar-refractivity contribution in [1.29, 1.82) is 0 Å². The molecule has 1 atom stereocenters. The first-order chi connectivity index (χ1) is 8.72. The Morgan fingerprint density at radius 3 is 2.83 bits per heavy atom. The molecule has 18 heavy (non-hydrogen) atoms. The fraction of sp³-hybridized carbons (Fsp3) is 0.467. The Balaban J connectivity index is 2.90. The number of rotatable bonds is 7. The monoisotopic (exact) mass is 247 g/mol. The van der Waals surface area contributed by atoms with Crippen LogP contribution in [0.5, 0.6) is 11.5 Å². The minimum Gasteiger partial charge on any atom is -0.497 e. The number of ether oxygens (including phenoxy) is 2. The summed E-state index contributed by atoms with van der Waals surface area (Å²) in [7, 11) is 1.64. The van der Waals surface area contributed by atoms with Crippen molar-refractivity contribution in [1.82, 2.24) is 5.32 Å². The van der Waals surface area contributed by atoms with E-state index in [1.807, 2.05) is 18.2 Å². The zero-order valence-corrected chi connectivity index (χ0v) is 11.3. The molecule has 0 aromatic heterocycles. The number of benzene rings is 1. The molecule has 1 aromatic carbocycles. The third kappa shape index (κ3) is 3.97. The molecule has 3 heteroatoms. The maximum atomic E-state index is 5.57. The molecule has 1 unspecified atom stereocenters. The van der Waals surface area contributed by atoms with Gasteiger partial charge in [0, 0.05) is 17.7 Å². The number of hydrogen-bond acceptors (Lipinski definition) is 3. The Labute approximate surface area is 109 Å². The lowest BCUT2D eigenvalue weighted by Gasteiger charge is -2.18. The molecule has 0 aliphatic carbocycles. The van der Waals surface area contributed by atoms with Gasteiger partial charge in [0.1, 0.15) is 18.1 Å². The summed E-state index contributed by atoms with van der Waals surface area (Å²) in [6.45, 7) is 5.49. The zero-order valence-electron chi connectivity index (χ0n) is 11.3. The van der Waals surface area contributed by atoms with Crippen LogP contribution in [0, 0.1) is 12.3 Å². The van der Waals surface area contributed by atoms with Crippen LogP contribution in [0.25, 0.3) is 0 Å². The Morgan fingerprint density at radius 2 is 2.22 bits per heavy atom. The van der Waals surface area contributed by atoms with Gasteiger partial charge in [-0.05, 0) is 26.0 Å². The highest BCUT2D eigenvalue weighted by molar-refractivity contribution is 5.42. The molecule has 0 fully saturated rings. The van der Waals surface area contributed by atoms with Crippen LogP contribution in [0.1, 0.15) is 31.9 Å². The topological polar surface area (TPSA) is 30.5 Å². The Hall–Kier alpha value is -1.66.